The van der Waals surface area contributed by atoms with Gasteiger partial charge in [-0.2, -0.15) is 8.78 Å². The highest BCUT2D eigenvalue weighted by atomic mass is 19.3. The lowest BCUT2D eigenvalue weighted by Crippen LogP contribution is -2.47. The number of likely N-dealkylation sites (tertiary alicyclic amines) is 1. The van der Waals surface area contributed by atoms with Crippen LogP contribution in [0.25, 0.3) is 0 Å². The zero-order chi connectivity index (χ0) is 11.8. The number of hydrogen-bond acceptors (Lipinski definition) is 3. The number of carbonyl (C=O) groups excluding carboxylic acids is 1. The lowest BCUT2D eigenvalue weighted by molar-refractivity contribution is -0.161. The molecule has 1 heterocycles. The number of amides is 1. The minimum atomic E-state index is -3.61. The SMILES string of the molecule is CC(F)(F)C(=O)N1C[C@H](O)C[C@H]1C(=O)O. The van der Waals surface area contributed by atoms with E-state index in [1.807, 2.05) is 0 Å². The maximum atomic E-state index is 12.7. The van der Waals surface area contributed by atoms with Crippen LogP contribution in [0.1, 0.15) is 13.3 Å². The quantitative estimate of drug-likeness (QED) is 0.673. The molecule has 0 aromatic carbocycles. The van der Waals surface area contributed by atoms with Gasteiger partial charge < -0.3 is 15.1 Å². The summed E-state index contributed by atoms with van der Waals surface area (Å²) in [4.78, 5) is 22.3. The second-order valence-electron chi connectivity index (χ2n) is 3.59. The van der Waals surface area contributed by atoms with Crippen LogP contribution in [-0.2, 0) is 9.59 Å². The van der Waals surface area contributed by atoms with Gasteiger partial charge in [-0.05, 0) is 0 Å². The van der Waals surface area contributed by atoms with Gasteiger partial charge in [0.15, 0.2) is 0 Å². The van der Waals surface area contributed by atoms with E-state index in [4.69, 9.17) is 10.2 Å². The van der Waals surface area contributed by atoms with Gasteiger partial charge in [0, 0.05) is 19.9 Å². The van der Waals surface area contributed by atoms with Crippen LogP contribution in [-0.4, -0.2) is 51.6 Å². The van der Waals surface area contributed by atoms with Crippen molar-refractivity contribution in [1.29, 1.82) is 0 Å². The zero-order valence-electron chi connectivity index (χ0n) is 7.98. The first kappa shape index (κ1) is 11.8. The van der Waals surface area contributed by atoms with Crippen LogP contribution in [0.15, 0.2) is 0 Å². The number of alkyl halides is 2. The molecule has 0 saturated carbocycles. The number of aliphatic hydroxyl groups excluding tert-OH is 1. The number of rotatable bonds is 2. The number of β-amino-alcohol motifs (C(OH)–C–C–N with tert-alkyl or cyclic N) is 1. The molecule has 2 N–H and O–H groups in total. The third-order valence-corrected chi connectivity index (χ3v) is 2.20. The van der Waals surface area contributed by atoms with Crippen LogP contribution >= 0.6 is 0 Å². The Bertz CT molecular complexity index is 289. The van der Waals surface area contributed by atoms with Crippen LogP contribution in [0.5, 0.6) is 0 Å². The fourth-order valence-corrected chi connectivity index (χ4v) is 1.52. The maximum absolute atomic E-state index is 12.7. The Kier molecular flexibility index (Phi) is 2.94. The van der Waals surface area contributed by atoms with Crippen molar-refractivity contribution in [2.24, 2.45) is 0 Å². The number of carboxylic acid groups (broad SMARTS) is 1. The Balaban J connectivity index is 2.85. The number of aliphatic hydroxyl groups is 1. The third-order valence-electron chi connectivity index (χ3n) is 2.20. The normalized spacial score (nSPS) is 26.8. The number of halogens is 2. The molecule has 86 valence electrons. The molecule has 1 amide bonds. The van der Waals surface area contributed by atoms with E-state index in [9.17, 15) is 18.4 Å². The van der Waals surface area contributed by atoms with E-state index in [1.165, 1.54) is 0 Å². The van der Waals surface area contributed by atoms with E-state index in [2.05, 4.69) is 0 Å². The van der Waals surface area contributed by atoms with Crippen LogP contribution in [0.2, 0.25) is 0 Å². The molecular formula is C8H11F2NO4. The second kappa shape index (κ2) is 3.73. The van der Waals surface area contributed by atoms with Gasteiger partial charge in [0.1, 0.15) is 6.04 Å². The highest BCUT2D eigenvalue weighted by Gasteiger charge is 2.46. The van der Waals surface area contributed by atoms with Crippen LogP contribution in [0.4, 0.5) is 8.78 Å². The van der Waals surface area contributed by atoms with Crippen molar-refractivity contribution in [2.45, 2.75) is 31.4 Å². The summed E-state index contributed by atoms with van der Waals surface area (Å²) < 4.78 is 25.3. The van der Waals surface area contributed by atoms with E-state index in [0.29, 0.717) is 11.8 Å². The minimum absolute atomic E-state index is 0.211. The van der Waals surface area contributed by atoms with E-state index in [-0.39, 0.29) is 13.0 Å². The summed E-state index contributed by atoms with van der Waals surface area (Å²) in [6, 6.07) is -1.36. The van der Waals surface area contributed by atoms with E-state index < -0.39 is 29.9 Å². The molecule has 0 aromatic heterocycles. The van der Waals surface area contributed by atoms with Crippen molar-refractivity contribution >= 4 is 11.9 Å². The largest absolute Gasteiger partial charge is 0.480 e. The molecule has 0 radical (unpaired) electrons. The van der Waals surface area contributed by atoms with Gasteiger partial charge in [-0.25, -0.2) is 4.79 Å². The smallest absolute Gasteiger partial charge is 0.326 e. The van der Waals surface area contributed by atoms with E-state index in [0.717, 1.165) is 0 Å². The summed E-state index contributed by atoms with van der Waals surface area (Å²) in [5.41, 5.74) is 0. The molecule has 1 rings (SSSR count). The summed E-state index contributed by atoms with van der Waals surface area (Å²) in [5, 5.41) is 17.8. The molecule has 1 saturated heterocycles. The Labute approximate surface area is 84.3 Å². The number of nitrogens with zero attached hydrogens (tertiary/aromatic N) is 1. The van der Waals surface area contributed by atoms with Crippen LogP contribution < -0.4 is 0 Å². The molecule has 5 nitrogen and oxygen atoms in total. The van der Waals surface area contributed by atoms with Crippen molar-refractivity contribution in [2.75, 3.05) is 6.54 Å². The average molecular weight is 223 g/mol. The Hall–Kier alpha value is -1.24. The summed E-state index contributed by atoms with van der Waals surface area (Å²) >= 11 is 0. The highest BCUT2D eigenvalue weighted by molar-refractivity contribution is 5.88. The third kappa shape index (κ3) is 2.41. The average Bonchev–Trinajstić information content (AvgIpc) is 2.44. The summed E-state index contributed by atoms with van der Waals surface area (Å²) in [6.07, 6.45) is -1.27. The first-order valence-electron chi connectivity index (χ1n) is 4.33. The second-order valence-corrected chi connectivity index (χ2v) is 3.59. The molecular weight excluding hydrogens is 212 g/mol. The van der Waals surface area contributed by atoms with Gasteiger partial charge in [-0.3, -0.25) is 4.79 Å². The molecule has 1 fully saturated rings. The lowest BCUT2D eigenvalue weighted by atomic mass is 10.2. The van der Waals surface area contributed by atoms with E-state index in [1.54, 1.807) is 0 Å². The molecule has 2 atom stereocenters. The van der Waals surface area contributed by atoms with Crippen LogP contribution in [0, 0.1) is 0 Å². The van der Waals surface area contributed by atoms with E-state index >= 15 is 0 Å². The Morgan fingerprint density at radius 1 is 1.47 bits per heavy atom. The summed E-state index contributed by atoms with van der Waals surface area (Å²) in [6.45, 7) is 0.0399. The van der Waals surface area contributed by atoms with Gasteiger partial charge in [0.25, 0.3) is 5.91 Å². The molecule has 0 spiro atoms. The highest BCUT2D eigenvalue weighted by Crippen LogP contribution is 2.24. The molecule has 1 aliphatic rings. The predicted molar refractivity (Wildman–Crippen MR) is 44.4 cm³/mol. The molecule has 1 aliphatic heterocycles. The number of aliphatic carboxylic acids is 1. The van der Waals surface area contributed by atoms with Crippen molar-refractivity contribution in [3.63, 3.8) is 0 Å². The fraction of sp³-hybridized carbons (Fsp3) is 0.750. The fourth-order valence-electron chi connectivity index (χ4n) is 1.52. The molecule has 0 aromatic rings. The molecule has 0 aliphatic carbocycles. The number of carboxylic acids is 1. The zero-order valence-corrected chi connectivity index (χ0v) is 7.98. The minimum Gasteiger partial charge on any atom is -0.480 e. The number of hydrogen-bond donors (Lipinski definition) is 2. The van der Waals surface area contributed by atoms with Gasteiger partial charge >= 0.3 is 11.9 Å². The van der Waals surface area contributed by atoms with Gasteiger partial charge in [-0.15, -0.1) is 0 Å². The van der Waals surface area contributed by atoms with Gasteiger partial charge in [0.2, 0.25) is 0 Å². The first-order valence-corrected chi connectivity index (χ1v) is 4.33. The first-order chi connectivity index (χ1) is 6.73. The topological polar surface area (TPSA) is 77.8 Å². The van der Waals surface area contributed by atoms with Crippen molar-refractivity contribution in [1.82, 2.24) is 4.90 Å². The van der Waals surface area contributed by atoms with Crippen molar-refractivity contribution in [3.8, 4) is 0 Å². The lowest BCUT2D eigenvalue weighted by Gasteiger charge is -2.23. The standard InChI is InChI=1S/C8H11F2NO4/c1-8(9,10)7(15)11-3-4(12)2-5(11)6(13)14/h4-5,12H,2-3H2,1H3,(H,13,14)/t4-,5+/m1/s1. The van der Waals surface area contributed by atoms with Crippen molar-refractivity contribution < 1.29 is 28.6 Å². The van der Waals surface area contributed by atoms with Crippen molar-refractivity contribution in [3.05, 3.63) is 0 Å². The van der Waals surface area contributed by atoms with Gasteiger partial charge in [0.05, 0.1) is 6.10 Å². The Morgan fingerprint density at radius 3 is 2.40 bits per heavy atom. The maximum Gasteiger partial charge on any atom is 0.326 e. The molecule has 15 heavy (non-hydrogen) atoms. The Morgan fingerprint density at radius 2 is 2.00 bits per heavy atom. The molecule has 0 bridgehead atoms. The molecule has 0 unspecified atom stereocenters. The molecule has 7 heteroatoms. The van der Waals surface area contributed by atoms with Gasteiger partial charge in [-0.1, -0.05) is 0 Å². The summed E-state index contributed by atoms with van der Waals surface area (Å²) in [7, 11) is 0. The number of carbonyl (C=O) groups is 2. The predicted octanol–water partition coefficient (Wildman–Crippen LogP) is -0.312. The monoisotopic (exact) mass is 223 g/mol. The van der Waals surface area contributed by atoms with Crippen LogP contribution in [0.3, 0.4) is 0 Å². The summed E-state index contributed by atoms with van der Waals surface area (Å²) in [5.74, 6) is -6.56.